The Morgan fingerprint density at radius 3 is 3.07 bits per heavy atom. The minimum Gasteiger partial charge on any atom is -0.395 e. The van der Waals surface area contributed by atoms with Crippen LogP contribution < -0.4 is 5.56 Å². The molecule has 0 fully saturated rings. The van der Waals surface area contributed by atoms with Crippen molar-refractivity contribution >= 4 is 11.0 Å². The molecule has 0 amide bonds. The van der Waals surface area contributed by atoms with E-state index in [0.717, 1.165) is 0 Å². The zero-order valence-electron chi connectivity index (χ0n) is 7.71. The fourth-order valence-corrected chi connectivity index (χ4v) is 1.33. The van der Waals surface area contributed by atoms with E-state index in [1.165, 1.54) is 17.1 Å². The molecule has 2 aromatic rings. The van der Waals surface area contributed by atoms with Gasteiger partial charge in [-0.1, -0.05) is 0 Å². The molecule has 0 saturated heterocycles. The predicted molar refractivity (Wildman–Crippen MR) is 49.9 cm³/mol. The van der Waals surface area contributed by atoms with Gasteiger partial charge in [0.05, 0.1) is 19.3 Å². The molecule has 0 aliphatic rings. The Hall–Kier alpha value is -1.69. The lowest BCUT2D eigenvalue weighted by atomic mass is 10.4. The molecular formula is C8H10N4O2. The summed E-state index contributed by atoms with van der Waals surface area (Å²) in [6, 6.07) is 0. The first kappa shape index (κ1) is 8.89. The average Bonchev–Trinajstić information content (AvgIpc) is 2.54. The van der Waals surface area contributed by atoms with Crippen LogP contribution in [0, 0.1) is 0 Å². The van der Waals surface area contributed by atoms with Gasteiger partial charge in [-0.15, -0.1) is 0 Å². The molecule has 74 valence electrons. The van der Waals surface area contributed by atoms with E-state index in [1.807, 2.05) is 0 Å². The van der Waals surface area contributed by atoms with Gasteiger partial charge in [-0.25, -0.2) is 4.98 Å². The van der Waals surface area contributed by atoms with Crippen LogP contribution in [0.4, 0.5) is 0 Å². The van der Waals surface area contributed by atoms with Crippen molar-refractivity contribution in [1.29, 1.82) is 0 Å². The van der Waals surface area contributed by atoms with Gasteiger partial charge in [0.15, 0.2) is 5.65 Å². The Kier molecular flexibility index (Phi) is 2.05. The Labute approximate surface area is 79.4 Å². The van der Waals surface area contributed by atoms with E-state index in [2.05, 4.69) is 10.1 Å². The van der Waals surface area contributed by atoms with Gasteiger partial charge < -0.3 is 5.11 Å². The van der Waals surface area contributed by atoms with E-state index in [-0.39, 0.29) is 18.7 Å². The Bertz CT molecular complexity index is 514. The van der Waals surface area contributed by atoms with E-state index in [1.54, 1.807) is 11.7 Å². The second kappa shape index (κ2) is 3.22. The molecule has 0 aliphatic carbocycles. The predicted octanol–water partition coefficient (Wildman–Crippen LogP) is -0.878. The maximum Gasteiger partial charge on any atom is 0.264 e. The Morgan fingerprint density at radius 2 is 2.36 bits per heavy atom. The van der Waals surface area contributed by atoms with Gasteiger partial charge in [0, 0.05) is 7.05 Å². The molecule has 2 rings (SSSR count). The van der Waals surface area contributed by atoms with E-state index < -0.39 is 0 Å². The fraction of sp³-hybridized carbons (Fsp3) is 0.375. The van der Waals surface area contributed by atoms with Gasteiger partial charge in [0.2, 0.25) is 0 Å². The molecule has 0 bridgehead atoms. The van der Waals surface area contributed by atoms with Gasteiger partial charge in [-0.3, -0.25) is 14.0 Å². The first-order valence-corrected chi connectivity index (χ1v) is 4.22. The highest BCUT2D eigenvalue weighted by Crippen LogP contribution is 2.02. The highest BCUT2D eigenvalue weighted by molar-refractivity contribution is 5.72. The van der Waals surface area contributed by atoms with E-state index in [9.17, 15) is 4.79 Å². The summed E-state index contributed by atoms with van der Waals surface area (Å²) >= 11 is 0. The first-order chi connectivity index (χ1) is 6.74. The maximum atomic E-state index is 11.7. The van der Waals surface area contributed by atoms with Gasteiger partial charge in [0.25, 0.3) is 5.56 Å². The summed E-state index contributed by atoms with van der Waals surface area (Å²) in [7, 11) is 1.73. The molecule has 0 radical (unpaired) electrons. The van der Waals surface area contributed by atoms with E-state index in [4.69, 9.17) is 5.11 Å². The molecule has 6 nitrogen and oxygen atoms in total. The summed E-state index contributed by atoms with van der Waals surface area (Å²) in [5.41, 5.74) is 0.390. The van der Waals surface area contributed by atoms with Gasteiger partial charge in [-0.05, 0) is 0 Å². The number of nitrogens with zero attached hydrogens (tertiary/aromatic N) is 4. The van der Waals surface area contributed by atoms with Crippen LogP contribution in [0.5, 0.6) is 0 Å². The molecule has 1 N–H and O–H groups in total. The van der Waals surface area contributed by atoms with Crippen molar-refractivity contribution in [2.45, 2.75) is 6.54 Å². The number of aryl methyl sites for hydroxylation is 1. The van der Waals surface area contributed by atoms with Crippen molar-refractivity contribution < 1.29 is 5.11 Å². The molecule has 6 heteroatoms. The largest absolute Gasteiger partial charge is 0.395 e. The lowest BCUT2D eigenvalue weighted by molar-refractivity contribution is 0.274. The third-order valence-electron chi connectivity index (χ3n) is 2.06. The van der Waals surface area contributed by atoms with Crippen LogP contribution in [-0.2, 0) is 13.6 Å². The topological polar surface area (TPSA) is 72.9 Å². The molecule has 0 aliphatic heterocycles. The lowest BCUT2D eigenvalue weighted by Crippen LogP contribution is -2.21. The maximum absolute atomic E-state index is 11.7. The Morgan fingerprint density at radius 1 is 1.57 bits per heavy atom. The highest BCUT2D eigenvalue weighted by atomic mass is 16.3. The third-order valence-corrected chi connectivity index (χ3v) is 2.06. The number of fused-ring (bicyclic) bond motifs is 1. The molecule has 0 saturated carbocycles. The van der Waals surface area contributed by atoms with Crippen molar-refractivity contribution in [1.82, 2.24) is 19.3 Å². The number of hydrogen-bond donors (Lipinski definition) is 1. The number of rotatable bonds is 2. The van der Waals surface area contributed by atoms with E-state index >= 15 is 0 Å². The zero-order valence-corrected chi connectivity index (χ0v) is 7.71. The summed E-state index contributed by atoms with van der Waals surface area (Å²) < 4.78 is 2.91. The zero-order chi connectivity index (χ0) is 10.1. The number of aliphatic hydroxyl groups excluding tert-OH is 1. The Balaban J connectivity index is 2.70. The summed E-state index contributed by atoms with van der Waals surface area (Å²) in [6.07, 6.45) is 2.90. The van der Waals surface area contributed by atoms with Crippen LogP contribution >= 0.6 is 0 Å². The van der Waals surface area contributed by atoms with Crippen LogP contribution in [0.15, 0.2) is 17.3 Å². The fourth-order valence-electron chi connectivity index (χ4n) is 1.33. The smallest absolute Gasteiger partial charge is 0.264 e. The molecule has 0 atom stereocenters. The SMILES string of the molecule is Cn1ncc2c(=O)n(CCO)cnc21. The average molecular weight is 194 g/mol. The quantitative estimate of drug-likeness (QED) is 0.674. The summed E-state index contributed by atoms with van der Waals surface area (Å²) in [5.74, 6) is 0. The van der Waals surface area contributed by atoms with Gasteiger partial charge in [-0.2, -0.15) is 5.10 Å². The molecule has 0 spiro atoms. The molecule has 2 heterocycles. The van der Waals surface area contributed by atoms with Crippen molar-refractivity contribution in [2.75, 3.05) is 6.61 Å². The van der Waals surface area contributed by atoms with E-state index in [0.29, 0.717) is 11.0 Å². The van der Waals surface area contributed by atoms with Crippen LogP contribution in [0.1, 0.15) is 0 Å². The molecular weight excluding hydrogens is 184 g/mol. The first-order valence-electron chi connectivity index (χ1n) is 4.22. The highest BCUT2D eigenvalue weighted by Gasteiger charge is 2.06. The number of hydrogen-bond acceptors (Lipinski definition) is 4. The van der Waals surface area contributed by atoms with Crippen LogP contribution in [0.3, 0.4) is 0 Å². The number of aliphatic hydroxyl groups is 1. The van der Waals surface area contributed by atoms with Crippen molar-refractivity contribution in [3.63, 3.8) is 0 Å². The summed E-state index contributed by atoms with van der Waals surface area (Å²) in [6.45, 7) is 0.185. The van der Waals surface area contributed by atoms with Gasteiger partial charge >= 0.3 is 0 Å². The minimum atomic E-state index is -0.169. The molecule has 0 unspecified atom stereocenters. The minimum absolute atomic E-state index is 0.0760. The lowest BCUT2D eigenvalue weighted by Gasteiger charge is -2.01. The van der Waals surface area contributed by atoms with Crippen LogP contribution in [-0.4, -0.2) is 31.0 Å². The second-order valence-electron chi connectivity index (χ2n) is 2.97. The molecule has 2 aromatic heterocycles. The van der Waals surface area contributed by atoms with Crippen LogP contribution in [0.25, 0.3) is 11.0 Å². The third kappa shape index (κ3) is 1.20. The van der Waals surface area contributed by atoms with Crippen molar-refractivity contribution in [3.8, 4) is 0 Å². The van der Waals surface area contributed by atoms with Gasteiger partial charge in [0.1, 0.15) is 11.7 Å². The van der Waals surface area contributed by atoms with Crippen molar-refractivity contribution in [3.05, 3.63) is 22.9 Å². The monoisotopic (exact) mass is 194 g/mol. The summed E-state index contributed by atoms with van der Waals surface area (Å²) in [5, 5.41) is 13.1. The molecule has 0 aromatic carbocycles. The van der Waals surface area contributed by atoms with Crippen LogP contribution in [0.2, 0.25) is 0 Å². The standard InChI is InChI=1S/C8H10N4O2/c1-11-7-6(4-10-11)8(14)12(2-3-13)5-9-7/h4-5,13H,2-3H2,1H3. The molecule has 14 heavy (non-hydrogen) atoms. The van der Waals surface area contributed by atoms with Crippen molar-refractivity contribution in [2.24, 2.45) is 7.05 Å². The summed E-state index contributed by atoms with van der Waals surface area (Å²) in [4.78, 5) is 15.8. The second-order valence-corrected chi connectivity index (χ2v) is 2.97. The number of aromatic nitrogens is 4. The normalized spacial score (nSPS) is 11.0.